The molecule has 5 heteroatoms. The minimum absolute atomic E-state index is 0.270. The van der Waals surface area contributed by atoms with Crippen LogP contribution in [0.4, 0.5) is 4.79 Å². The second-order valence-electron chi connectivity index (χ2n) is 6.60. The molecule has 3 rings (SSSR count). The first-order valence-corrected chi connectivity index (χ1v) is 9.35. The highest BCUT2D eigenvalue weighted by atomic mass is 16.5. The molecule has 0 aromatic heterocycles. The number of rotatable bonds is 3. The van der Waals surface area contributed by atoms with Crippen molar-refractivity contribution >= 4 is 12.0 Å². The van der Waals surface area contributed by atoms with E-state index in [1.165, 1.54) is 12.8 Å². The number of carbonyl (C=O) groups excluding carboxylic acids is 2. The van der Waals surface area contributed by atoms with Gasteiger partial charge in [-0.2, -0.15) is 0 Å². The fraction of sp³-hybridized carbons (Fsp3) is 0.364. The lowest BCUT2D eigenvalue weighted by Crippen LogP contribution is -2.45. The first-order valence-electron chi connectivity index (χ1n) is 9.35. The molecule has 1 atom stereocenters. The minimum Gasteiger partial charge on any atom is -0.463 e. The number of amides is 2. The van der Waals surface area contributed by atoms with Crippen LogP contribution in [0.3, 0.4) is 0 Å². The number of urea groups is 1. The number of esters is 1. The molecule has 2 N–H and O–H groups in total. The third-order valence-electron chi connectivity index (χ3n) is 4.68. The van der Waals surface area contributed by atoms with Crippen LogP contribution in [0.5, 0.6) is 0 Å². The van der Waals surface area contributed by atoms with Crippen molar-refractivity contribution in [1.29, 1.82) is 0 Å². The van der Waals surface area contributed by atoms with Gasteiger partial charge in [0, 0.05) is 11.3 Å². The Kier molecular flexibility index (Phi) is 5.97. The van der Waals surface area contributed by atoms with E-state index >= 15 is 0 Å². The molecular weight excluding hydrogens is 340 g/mol. The van der Waals surface area contributed by atoms with Crippen molar-refractivity contribution in [2.45, 2.75) is 45.6 Å². The number of carbonyl (C=O) groups is 2. The van der Waals surface area contributed by atoms with Crippen LogP contribution < -0.4 is 10.6 Å². The van der Waals surface area contributed by atoms with Gasteiger partial charge in [-0.1, -0.05) is 36.1 Å². The van der Waals surface area contributed by atoms with E-state index in [0.717, 1.165) is 29.5 Å². The number of nitrogens with one attached hydrogen (secondary N) is 2. The third-order valence-corrected chi connectivity index (χ3v) is 4.68. The summed E-state index contributed by atoms with van der Waals surface area (Å²) in [4.78, 5) is 24.5. The van der Waals surface area contributed by atoms with E-state index in [4.69, 9.17) is 4.74 Å². The second kappa shape index (κ2) is 8.59. The molecule has 0 saturated carbocycles. The summed E-state index contributed by atoms with van der Waals surface area (Å²) in [5.74, 6) is 6.06. The molecule has 27 heavy (non-hydrogen) atoms. The fourth-order valence-electron chi connectivity index (χ4n) is 3.37. The zero-order chi connectivity index (χ0) is 19.2. The van der Waals surface area contributed by atoms with E-state index in [0.29, 0.717) is 11.3 Å². The van der Waals surface area contributed by atoms with Gasteiger partial charge in [0.1, 0.15) is 0 Å². The number of hydrogen-bond acceptors (Lipinski definition) is 3. The van der Waals surface area contributed by atoms with E-state index in [9.17, 15) is 9.59 Å². The smallest absolute Gasteiger partial charge is 0.338 e. The Balaban J connectivity index is 2.00. The number of hydrogen-bond donors (Lipinski definition) is 2. The molecule has 5 nitrogen and oxygen atoms in total. The van der Waals surface area contributed by atoms with Crippen LogP contribution in [0.15, 0.2) is 47.2 Å². The maximum atomic E-state index is 12.5. The van der Waals surface area contributed by atoms with E-state index in [2.05, 4.69) is 28.6 Å². The van der Waals surface area contributed by atoms with Crippen LogP contribution in [0, 0.1) is 11.8 Å². The molecule has 0 saturated heterocycles. The molecule has 2 amide bonds. The van der Waals surface area contributed by atoms with Gasteiger partial charge >= 0.3 is 12.0 Å². The second-order valence-corrected chi connectivity index (χ2v) is 6.60. The van der Waals surface area contributed by atoms with Gasteiger partial charge in [-0.05, 0) is 56.7 Å². The number of allylic oxidation sites excluding steroid dienone is 3. The van der Waals surface area contributed by atoms with Crippen LogP contribution in [0.2, 0.25) is 0 Å². The van der Waals surface area contributed by atoms with Crippen LogP contribution in [0.1, 0.15) is 56.7 Å². The van der Waals surface area contributed by atoms with Gasteiger partial charge in [0.15, 0.2) is 0 Å². The molecular formula is C22H24N2O3. The molecule has 0 bridgehead atoms. The average molecular weight is 364 g/mol. The Morgan fingerprint density at radius 3 is 2.81 bits per heavy atom. The summed E-state index contributed by atoms with van der Waals surface area (Å²) in [6.45, 7) is 3.74. The lowest BCUT2D eigenvalue weighted by molar-refractivity contribution is -0.139. The van der Waals surface area contributed by atoms with Crippen molar-refractivity contribution in [3.05, 3.63) is 58.3 Å². The van der Waals surface area contributed by atoms with E-state index in [-0.39, 0.29) is 12.6 Å². The number of benzene rings is 1. The maximum Gasteiger partial charge on any atom is 0.338 e. The maximum absolute atomic E-state index is 12.5. The van der Waals surface area contributed by atoms with Gasteiger partial charge in [0.2, 0.25) is 0 Å². The zero-order valence-corrected chi connectivity index (χ0v) is 15.7. The summed E-state index contributed by atoms with van der Waals surface area (Å²) in [7, 11) is 0. The predicted octanol–water partition coefficient (Wildman–Crippen LogP) is 3.73. The summed E-state index contributed by atoms with van der Waals surface area (Å²) in [6, 6.07) is 6.66. The largest absolute Gasteiger partial charge is 0.463 e. The van der Waals surface area contributed by atoms with E-state index < -0.39 is 12.0 Å². The van der Waals surface area contributed by atoms with E-state index in [1.54, 1.807) is 13.8 Å². The SMILES string of the molecule is CCOC(=O)C1=C(C)NC(=O)NC1c1ccccc1C#CC1=CCCCC1. The standard InChI is InChI=1S/C22H24N2O3/c1-3-27-21(25)19-15(2)23-22(26)24-20(19)18-12-8-7-11-17(18)14-13-16-9-5-4-6-10-16/h7-9,11-12,20H,3-6,10H2,1-2H3,(H2,23,24,26). The Labute approximate surface area is 159 Å². The van der Waals surface area contributed by atoms with Crippen molar-refractivity contribution < 1.29 is 14.3 Å². The van der Waals surface area contributed by atoms with Crippen molar-refractivity contribution in [2.75, 3.05) is 6.61 Å². The van der Waals surface area contributed by atoms with Crippen molar-refractivity contribution in [2.24, 2.45) is 0 Å². The summed E-state index contributed by atoms with van der Waals surface area (Å²) in [5.41, 5.74) is 3.65. The van der Waals surface area contributed by atoms with Crippen LogP contribution in [-0.4, -0.2) is 18.6 Å². The van der Waals surface area contributed by atoms with Gasteiger partial charge in [-0.15, -0.1) is 0 Å². The van der Waals surface area contributed by atoms with Crippen LogP contribution in [0.25, 0.3) is 0 Å². The summed E-state index contributed by atoms with van der Waals surface area (Å²) >= 11 is 0. The topological polar surface area (TPSA) is 67.4 Å². The van der Waals surface area contributed by atoms with Crippen LogP contribution >= 0.6 is 0 Å². The summed E-state index contributed by atoms with van der Waals surface area (Å²) < 4.78 is 5.20. The molecule has 0 fully saturated rings. The molecule has 1 unspecified atom stereocenters. The zero-order valence-electron chi connectivity index (χ0n) is 15.7. The Morgan fingerprint density at radius 1 is 1.26 bits per heavy atom. The molecule has 140 valence electrons. The minimum atomic E-state index is -0.594. The van der Waals surface area contributed by atoms with Gasteiger partial charge < -0.3 is 15.4 Å². The summed E-state index contributed by atoms with van der Waals surface area (Å²) in [6.07, 6.45) is 6.66. The highest BCUT2D eigenvalue weighted by Crippen LogP contribution is 2.29. The molecule has 2 aliphatic rings. The molecule has 1 aromatic carbocycles. The third kappa shape index (κ3) is 4.40. The van der Waals surface area contributed by atoms with Crippen LogP contribution in [-0.2, 0) is 9.53 Å². The van der Waals surface area contributed by atoms with Gasteiger partial charge in [0.25, 0.3) is 0 Å². The monoisotopic (exact) mass is 364 g/mol. The lowest BCUT2D eigenvalue weighted by Gasteiger charge is -2.28. The van der Waals surface area contributed by atoms with Gasteiger partial charge in [-0.25, -0.2) is 9.59 Å². The van der Waals surface area contributed by atoms with Gasteiger partial charge in [0.05, 0.1) is 18.2 Å². The van der Waals surface area contributed by atoms with Crippen molar-refractivity contribution in [1.82, 2.24) is 10.6 Å². The average Bonchev–Trinajstić information content (AvgIpc) is 2.67. The highest BCUT2D eigenvalue weighted by molar-refractivity contribution is 5.95. The summed E-state index contributed by atoms with van der Waals surface area (Å²) in [5, 5.41) is 5.49. The van der Waals surface area contributed by atoms with Crippen molar-refractivity contribution in [3.63, 3.8) is 0 Å². The molecule has 1 aliphatic heterocycles. The first kappa shape index (κ1) is 18.8. The molecule has 1 aromatic rings. The first-order chi connectivity index (χ1) is 13.1. The Hall–Kier alpha value is -3.00. The van der Waals surface area contributed by atoms with Crippen molar-refractivity contribution in [3.8, 4) is 11.8 Å². The Morgan fingerprint density at radius 2 is 2.07 bits per heavy atom. The predicted molar refractivity (Wildman–Crippen MR) is 104 cm³/mol. The highest BCUT2D eigenvalue weighted by Gasteiger charge is 2.33. The molecule has 1 aliphatic carbocycles. The molecule has 1 heterocycles. The molecule has 0 radical (unpaired) electrons. The van der Waals surface area contributed by atoms with Gasteiger partial charge in [-0.3, -0.25) is 0 Å². The molecule has 0 spiro atoms. The normalized spacial score (nSPS) is 19.3. The number of ether oxygens (including phenoxy) is 1. The van der Waals surface area contributed by atoms with E-state index in [1.807, 2.05) is 24.3 Å². The Bertz CT molecular complexity index is 871. The quantitative estimate of drug-likeness (QED) is 0.634. The lowest BCUT2D eigenvalue weighted by atomic mass is 9.91. The fourth-order valence-corrected chi connectivity index (χ4v) is 3.37.